The van der Waals surface area contributed by atoms with Crippen molar-refractivity contribution in [3.63, 3.8) is 0 Å². The van der Waals surface area contributed by atoms with E-state index in [1.165, 1.54) is 0 Å². The molecular formula is C20H32N6O2. The maximum atomic E-state index is 12.9. The van der Waals surface area contributed by atoms with Crippen molar-refractivity contribution in [1.29, 1.82) is 0 Å². The molecule has 0 aliphatic carbocycles. The fraction of sp³-hybridized carbons (Fsp3) is 0.550. The predicted octanol–water partition coefficient (Wildman–Crippen LogP) is 1.22. The first kappa shape index (κ1) is 21.8. The van der Waals surface area contributed by atoms with Crippen molar-refractivity contribution < 1.29 is 9.59 Å². The SMILES string of the molecule is CCN/N=C1/c2cc(NC(=O)CCN(C)C)ccc2N(CCCN)C(=O)C1C. The molecule has 154 valence electrons. The Morgan fingerprint density at radius 3 is 2.75 bits per heavy atom. The summed E-state index contributed by atoms with van der Waals surface area (Å²) in [6, 6.07) is 5.60. The smallest absolute Gasteiger partial charge is 0.235 e. The van der Waals surface area contributed by atoms with Crippen LogP contribution in [0.2, 0.25) is 0 Å². The van der Waals surface area contributed by atoms with Crippen molar-refractivity contribution in [2.45, 2.75) is 26.7 Å². The number of amides is 2. The van der Waals surface area contributed by atoms with Crippen LogP contribution in [-0.2, 0) is 9.59 Å². The fourth-order valence-corrected chi connectivity index (χ4v) is 3.11. The second-order valence-corrected chi connectivity index (χ2v) is 7.20. The highest BCUT2D eigenvalue weighted by Gasteiger charge is 2.35. The summed E-state index contributed by atoms with van der Waals surface area (Å²) < 4.78 is 0. The topological polar surface area (TPSA) is 103 Å². The molecule has 0 radical (unpaired) electrons. The van der Waals surface area contributed by atoms with E-state index >= 15 is 0 Å². The van der Waals surface area contributed by atoms with Gasteiger partial charge in [-0.15, -0.1) is 0 Å². The zero-order valence-corrected chi connectivity index (χ0v) is 17.3. The Kier molecular flexibility index (Phi) is 7.95. The molecule has 0 saturated carbocycles. The molecule has 0 saturated heterocycles. The Balaban J connectivity index is 2.35. The third-order valence-electron chi connectivity index (χ3n) is 4.62. The molecule has 8 nitrogen and oxygen atoms in total. The average Bonchev–Trinajstić information content (AvgIpc) is 2.67. The molecule has 8 heteroatoms. The van der Waals surface area contributed by atoms with Crippen molar-refractivity contribution in [3.05, 3.63) is 23.8 Å². The summed E-state index contributed by atoms with van der Waals surface area (Å²) in [5, 5.41) is 7.39. The molecule has 0 spiro atoms. The number of rotatable bonds is 9. The maximum Gasteiger partial charge on any atom is 0.235 e. The van der Waals surface area contributed by atoms with E-state index in [2.05, 4.69) is 15.8 Å². The highest BCUT2D eigenvalue weighted by molar-refractivity contribution is 6.24. The van der Waals surface area contributed by atoms with Crippen LogP contribution in [0.15, 0.2) is 23.3 Å². The van der Waals surface area contributed by atoms with E-state index in [1.807, 2.05) is 51.0 Å². The molecule has 4 N–H and O–H groups in total. The van der Waals surface area contributed by atoms with Gasteiger partial charge in [0.25, 0.3) is 0 Å². The van der Waals surface area contributed by atoms with Gasteiger partial charge in [-0.1, -0.05) is 0 Å². The van der Waals surface area contributed by atoms with Crippen LogP contribution in [0.5, 0.6) is 0 Å². The number of nitrogens with two attached hydrogens (primary N) is 1. The lowest BCUT2D eigenvalue weighted by Crippen LogP contribution is -2.45. The van der Waals surface area contributed by atoms with Gasteiger partial charge in [0.15, 0.2) is 0 Å². The van der Waals surface area contributed by atoms with Crippen molar-refractivity contribution >= 4 is 28.9 Å². The molecule has 2 amide bonds. The highest BCUT2D eigenvalue weighted by atomic mass is 16.2. The minimum absolute atomic E-state index is 0.0142. The van der Waals surface area contributed by atoms with E-state index in [9.17, 15) is 9.59 Å². The molecule has 1 unspecified atom stereocenters. The second kappa shape index (κ2) is 10.2. The Bertz CT molecular complexity index is 731. The number of carbonyl (C=O) groups is 2. The van der Waals surface area contributed by atoms with Gasteiger partial charge in [-0.05, 0) is 59.1 Å². The van der Waals surface area contributed by atoms with Crippen LogP contribution in [0.4, 0.5) is 11.4 Å². The van der Waals surface area contributed by atoms with Gasteiger partial charge < -0.3 is 26.3 Å². The van der Waals surface area contributed by atoms with Crippen molar-refractivity contribution in [3.8, 4) is 0 Å². The summed E-state index contributed by atoms with van der Waals surface area (Å²) in [5.41, 5.74) is 11.7. The van der Waals surface area contributed by atoms with E-state index in [0.29, 0.717) is 44.0 Å². The molecular weight excluding hydrogens is 356 g/mol. The normalized spacial score (nSPS) is 17.8. The van der Waals surface area contributed by atoms with Crippen LogP contribution in [-0.4, -0.2) is 62.7 Å². The number of carbonyl (C=O) groups excluding carboxylic acids is 2. The van der Waals surface area contributed by atoms with Gasteiger partial charge in [0.2, 0.25) is 11.8 Å². The standard InChI is InChI=1S/C20H32N6O2/c1-5-22-24-19-14(2)20(28)26(11-6-10-21)17-8-7-15(13-16(17)19)23-18(27)9-12-25(3)4/h7-8,13-14,22H,5-6,9-12,21H2,1-4H3,(H,23,27)/b24-19+. The molecule has 1 aromatic rings. The quantitative estimate of drug-likeness (QED) is 0.552. The van der Waals surface area contributed by atoms with Gasteiger partial charge in [0.1, 0.15) is 0 Å². The summed E-state index contributed by atoms with van der Waals surface area (Å²) in [7, 11) is 3.87. The average molecular weight is 389 g/mol. The molecule has 0 bridgehead atoms. The minimum Gasteiger partial charge on any atom is -0.330 e. The lowest BCUT2D eigenvalue weighted by atomic mass is 9.90. The molecule has 0 fully saturated rings. The molecule has 1 aliphatic heterocycles. The fourth-order valence-electron chi connectivity index (χ4n) is 3.11. The second-order valence-electron chi connectivity index (χ2n) is 7.20. The van der Waals surface area contributed by atoms with Gasteiger partial charge in [-0.2, -0.15) is 5.10 Å². The van der Waals surface area contributed by atoms with Gasteiger partial charge in [-0.3, -0.25) is 9.59 Å². The van der Waals surface area contributed by atoms with Crippen LogP contribution in [0.3, 0.4) is 0 Å². The number of benzene rings is 1. The Labute approximate surface area is 167 Å². The minimum atomic E-state index is -0.371. The summed E-state index contributed by atoms with van der Waals surface area (Å²) in [4.78, 5) is 28.8. The van der Waals surface area contributed by atoms with Crippen molar-refractivity contribution in [2.75, 3.05) is 50.5 Å². The lowest BCUT2D eigenvalue weighted by Gasteiger charge is -2.34. The number of hydrogen-bond acceptors (Lipinski definition) is 6. The van der Waals surface area contributed by atoms with Gasteiger partial charge in [0.05, 0.1) is 17.3 Å². The van der Waals surface area contributed by atoms with Gasteiger partial charge in [0, 0.05) is 37.3 Å². The van der Waals surface area contributed by atoms with Crippen molar-refractivity contribution in [1.82, 2.24) is 10.3 Å². The predicted molar refractivity (Wildman–Crippen MR) is 114 cm³/mol. The van der Waals surface area contributed by atoms with Gasteiger partial charge in [-0.25, -0.2) is 0 Å². The molecule has 0 aromatic heterocycles. The number of fused-ring (bicyclic) bond motifs is 1. The molecule has 1 aliphatic rings. The maximum absolute atomic E-state index is 12.9. The van der Waals surface area contributed by atoms with E-state index in [1.54, 1.807) is 4.90 Å². The molecule has 1 heterocycles. The first-order valence-corrected chi connectivity index (χ1v) is 9.79. The summed E-state index contributed by atoms with van der Waals surface area (Å²) in [6.07, 6.45) is 1.14. The Morgan fingerprint density at radius 1 is 1.36 bits per heavy atom. The van der Waals surface area contributed by atoms with Crippen LogP contribution < -0.4 is 21.4 Å². The zero-order chi connectivity index (χ0) is 20.7. The first-order chi connectivity index (χ1) is 13.4. The van der Waals surface area contributed by atoms with Crippen LogP contribution in [0.25, 0.3) is 0 Å². The molecule has 2 rings (SSSR count). The van der Waals surface area contributed by atoms with E-state index < -0.39 is 0 Å². The summed E-state index contributed by atoms with van der Waals surface area (Å²) >= 11 is 0. The zero-order valence-electron chi connectivity index (χ0n) is 17.3. The number of nitrogens with one attached hydrogen (secondary N) is 2. The molecule has 1 atom stereocenters. The molecule has 28 heavy (non-hydrogen) atoms. The number of nitrogens with zero attached hydrogens (tertiary/aromatic N) is 3. The first-order valence-electron chi connectivity index (χ1n) is 9.79. The number of anilines is 2. The monoisotopic (exact) mass is 388 g/mol. The van der Waals surface area contributed by atoms with E-state index in [4.69, 9.17) is 5.73 Å². The summed E-state index contributed by atoms with van der Waals surface area (Å²) in [5.74, 6) is -0.400. The largest absolute Gasteiger partial charge is 0.330 e. The van der Waals surface area contributed by atoms with Crippen LogP contribution >= 0.6 is 0 Å². The Hall–Kier alpha value is -2.45. The van der Waals surface area contributed by atoms with E-state index in [0.717, 1.165) is 17.7 Å². The van der Waals surface area contributed by atoms with Gasteiger partial charge >= 0.3 is 0 Å². The van der Waals surface area contributed by atoms with Crippen molar-refractivity contribution in [2.24, 2.45) is 16.8 Å². The molecule has 1 aromatic carbocycles. The Morgan fingerprint density at radius 2 is 2.11 bits per heavy atom. The third kappa shape index (κ3) is 5.30. The lowest BCUT2D eigenvalue weighted by molar-refractivity contribution is -0.120. The number of hydrogen-bond donors (Lipinski definition) is 3. The van der Waals surface area contributed by atoms with E-state index in [-0.39, 0.29) is 17.7 Å². The summed E-state index contributed by atoms with van der Waals surface area (Å²) in [6.45, 7) is 6.25. The number of hydrazone groups is 1. The highest BCUT2D eigenvalue weighted by Crippen LogP contribution is 2.33. The van der Waals surface area contributed by atoms with Crippen LogP contribution in [0.1, 0.15) is 32.3 Å². The van der Waals surface area contributed by atoms with Crippen LogP contribution in [0, 0.1) is 5.92 Å². The third-order valence-corrected chi connectivity index (χ3v) is 4.62.